The number of nitrogens with zero attached hydrogens (tertiary/aromatic N) is 4. The maximum Gasteiger partial charge on any atom is 0.191 e. The Bertz CT molecular complexity index is 444. The van der Waals surface area contributed by atoms with Crippen LogP contribution in [0.15, 0.2) is 17.3 Å². The molecule has 22 heavy (non-hydrogen) atoms. The minimum absolute atomic E-state index is 0. The molecule has 1 aliphatic heterocycles. The van der Waals surface area contributed by atoms with Crippen LogP contribution in [0.5, 0.6) is 0 Å². The molecule has 2 heterocycles. The maximum absolute atomic E-state index is 5.35. The van der Waals surface area contributed by atoms with E-state index in [4.69, 9.17) is 4.74 Å². The van der Waals surface area contributed by atoms with Gasteiger partial charge >= 0.3 is 0 Å². The summed E-state index contributed by atoms with van der Waals surface area (Å²) in [6, 6.07) is 1.99. The lowest BCUT2D eigenvalue weighted by atomic mass is 10.4. The molecule has 1 fully saturated rings. The molecule has 2 rings (SSSR count). The lowest BCUT2D eigenvalue weighted by Gasteiger charge is -2.26. The fraction of sp³-hybridized carbons (Fsp3) is 0.714. The van der Waals surface area contributed by atoms with Gasteiger partial charge in [0.2, 0.25) is 0 Å². The Balaban J connectivity index is 0.00000242. The Kier molecular flexibility index (Phi) is 9.41. The number of halogens is 1. The highest BCUT2D eigenvalue weighted by Gasteiger charge is 2.09. The quantitative estimate of drug-likeness (QED) is 0.396. The molecule has 0 unspecified atom stereocenters. The number of aryl methyl sites for hydroxylation is 1. The van der Waals surface area contributed by atoms with Crippen LogP contribution >= 0.6 is 24.0 Å². The van der Waals surface area contributed by atoms with Gasteiger partial charge < -0.3 is 15.4 Å². The number of aromatic nitrogens is 2. The molecule has 0 spiro atoms. The molecule has 0 amide bonds. The zero-order valence-corrected chi connectivity index (χ0v) is 15.7. The molecule has 1 aliphatic rings. The molecular formula is C14H27IN6O. The zero-order chi connectivity index (χ0) is 14.9. The van der Waals surface area contributed by atoms with Gasteiger partial charge in [0.15, 0.2) is 5.96 Å². The molecular weight excluding hydrogens is 395 g/mol. The molecule has 1 saturated heterocycles. The van der Waals surface area contributed by atoms with Crippen molar-refractivity contribution in [1.82, 2.24) is 25.3 Å². The van der Waals surface area contributed by atoms with Crippen molar-refractivity contribution in [3.8, 4) is 0 Å². The molecule has 8 heteroatoms. The van der Waals surface area contributed by atoms with E-state index >= 15 is 0 Å². The summed E-state index contributed by atoms with van der Waals surface area (Å²) < 4.78 is 7.20. The predicted molar refractivity (Wildman–Crippen MR) is 98.7 cm³/mol. The van der Waals surface area contributed by atoms with Gasteiger partial charge in [-0.25, -0.2) is 4.99 Å². The van der Waals surface area contributed by atoms with E-state index < -0.39 is 0 Å². The number of hydrogen-bond acceptors (Lipinski definition) is 4. The van der Waals surface area contributed by atoms with Gasteiger partial charge in [-0.05, 0) is 13.0 Å². The number of nitrogens with one attached hydrogen (secondary N) is 2. The molecule has 126 valence electrons. The molecule has 0 aliphatic carbocycles. The lowest BCUT2D eigenvalue weighted by Crippen LogP contribution is -2.44. The van der Waals surface area contributed by atoms with Crippen LogP contribution in [0.25, 0.3) is 0 Å². The zero-order valence-electron chi connectivity index (χ0n) is 13.4. The van der Waals surface area contributed by atoms with Gasteiger partial charge in [0.05, 0.1) is 25.5 Å². The maximum atomic E-state index is 5.35. The van der Waals surface area contributed by atoms with Crippen molar-refractivity contribution in [2.45, 2.75) is 13.5 Å². The molecule has 1 aromatic rings. The van der Waals surface area contributed by atoms with Crippen molar-refractivity contribution in [1.29, 1.82) is 0 Å². The fourth-order valence-electron chi connectivity index (χ4n) is 2.22. The van der Waals surface area contributed by atoms with E-state index in [2.05, 4.69) is 32.5 Å². The number of hydrogen-bond donors (Lipinski definition) is 2. The van der Waals surface area contributed by atoms with E-state index in [0.29, 0.717) is 6.54 Å². The van der Waals surface area contributed by atoms with Crippen LogP contribution in [-0.4, -0.2) is 66.6 Å². The second kappa shape index (κ2) is 10.8. The van der Waals surface area contributed by atoms with Crippen molar-refractivity contribution in [2.24, 2.45) is 12.0 Å². The summed E-state index contributed by atoms with van der Waals surface area (Å²) in [6.07, 6.45) is 1.80. The van der Waals surface area contributed by atoms with Crippen LogP contribution in [0.4, 0.5) is 0 Å². The van der Waals surface area contributed by atoms with E-state index in [1.165, 1.54) is 0 Å². The van der Waals surface area contributed by atoms with Gasteiger partial charge in [-0.1, -0.05) is 0 Å². The Morgan fingerprint density at radius 3 is 2.77 bits per heavy atom. The van der Waals surface area contributed by atoms with Crippen LogP contribution < -0.4 is 10.6 Å². The highest BCUT2D eigenvalue weighted by Crippen LogP contribution is 1.98. The Morgan fingerprint density at radius 1 is 1.36 bits per heavy atom. The summed E-state index contributed by atoms with van der Waals surface area (Å²) in [4.78, 5) is 6.99. The normalized spacial score (nSPS) is 16.2. The molecule has 7 nitrogen and oxygen atoms in total. The topological polar surface area (TPSA) is 66.7 Å². The second-order valence-corrected chi connectivity index (χ2v) is 5.02. The number of morpholine rings is 1. The molecule has 0 radical (unpaired) electrons. The summed E-state index contributed by atoms with van der Waals surface area (Å²) in [6.45, 7) is 9.18. The van der Waals surface area contributed by atoms with Crippen LogP contribution in [0.3, 0.4) is 0 Å². The number of ether oxygens (including phenoxy) is 1. The van der Waals surface area contributed by atoms with E-state index in [0.717, 1.165) is 57.6 Å². The molecule has 0 aromatic carbocycles. The first-order chi connectivity index (χ1) is 10.3. The molecule has 1 aromatic heterocycles. The molecule has 0 bridgehead atoms. The first kappa shape index (κ1) is 19.2. The summed E-state index contributed by atoms with van der Waals surface area (Å²) in [5.41, 5.74) is 1.10. The lowest BCUT2D eigenvalue weighted by molar-refractivity contribution is 0.0389. The van der Waals surface area contributed by atoms with E-state index in [9.17, 15) is 0 Å². The average molecular weight is 422 g/mol. The van der Waals surface area contributed by atoms with Crippen molar-refractivity contribution >= 4 is 29.9 Å². The fourth-order valence-corrected chi connectivity index (χ4v) is 2.22. The van der Waals surface area contributed by atoms with Crippen LogP contribution in [-0.2, 0) is 18.3 Å². The van der Waals surface area contributed by atoms with Gasteiger partial charge in [0.1, 0.15) is 0 Å². The summed E-state index contributed by atoms with van der Waals surface area (Å²) in [5, 5.41) is 10.8. The van der Waals surface area contributed by atoms with Crippen molar-refractivity contribution < 1.29 is 4.74 Å². The monoisotopic (exact) mass is 422 g/mol. The van der Waals surface area contributed by atoms with Crippen molar-refractivity contribution in [2.75, 3.05) is 45.9 Å². The SMILES string of the molecule is CCNC(=NCc1ccnn1C)NCCN1CCOCC1.I. The van der Waals surface area contributed by atoms with E-state index in [1.54, 1.807) is 6.20 Å². The highest BCUT2D eigenvalue weighted by atomic mass is 127. The van der Waals surface area contributed by atoms with E-state index in [1.807, 2.05) is 17.8 Å². The van der Waals surface area contributed by atoms with Gasteiger partial charge in [-0.2, -0.15) is 5.10 Å². The van der Waals surface area contributed by atoms with E-state index in [-0.39, 0.29) is 24.0 Å². The smallest absolute Gasteiger partial charge is 0.191 e. The Hall–Kier alpha value is -0.870. The number of rotatable bonds is 6. The minimum Gasteiger partial charge on any atom is -0.379 e. The first-order valence-electron chi connectivity index (χ1n) is 7.58. The Morgan fingerprint density at radius 2 is 2.14 bits per heavy atom. The summed E-state index contributed by atoms with van der Waals surface area (Å²) >= 11 is 0. The van der Waals surface area contributed by atoms with Crippen molar-refractivity contribution in [3.05, 3.63) is 18.0 Å². The van der Waals surface area contributed by atoms with Crippen LogP contribution in [0.1, 0.15) is 12.6 Å². The third-order valence-corrected chi connectivity index (χ3v) is 3.49. The minimum atomic E-state index is 0. The summed E-state index contributed by atoms with van der Waals surface area (Å²) in [5.74, 6) is 0.854. The number of guanidine groups is 1. The third kappa shape index (κ3) is 6.49. The molecule has 2 N–H and O–H groups in total. The third-order valence-electron chi connectivity index (χ3n) is 3.49. The van der Waals surface area contributed by atoms with Crippen LogP contribution in [0, 0.1) is 0 Å². The Labute approximate surface area is 149 Å². The van der Waals surface area contributed by atoms with Crippen LogP contribution in [0.2, 0.25) is 0 Å². The second-order valence-electron chi connectivity index (χ2n) is 5.02. The first-order valence-corrected chi connectivity index (χ1v) is 7.58. The number of aliphatic imine (C=N–C) groups is 1. The standard InChI is InChI=1S/C14H26N6O.HI/c1-3-15-14(17-12-13-4-5-18-19(13)2)16-6-7-20-8-10-21-11-9-20;/h4-5H,3,6-12H2,1-2H3,(H2,15,16,17);1H. The van der Waals surface area contributed by atoms with Gasteiger partial charge in [0, 0.05) is 46.0 Å². The molecule has 0 atom stereocenters. The van der Waals surface area contributed by atoms with Gasteiger partial charge in [0.25, 0.3) is 0 Å². The molecule has 0 saturated carbocycles. The predicted octanol–water partition coefficient (Wildman–Crippen LogP) is 0.425. The van der Waals surface area contributed by atoms with Crippen molar-refractivity contribution in [3.63, 3.8) is 0 Å². The average Bonchev–Trinajstić information content (AvgIpc) is 2.91. The largest absolute Gasteiger partial charge is 0.379 e. The highest BCUT2D eigenvalue weighted by molar-refractivity contribution is 14.0. The van der Waals surface area contributed by atoms with Gasteiger partial charge in [-0.15, -0.1) is 24.0 Å². The summed E-state index contributed by atoms with van der Waals surface area (Å²) in [7, 11) is 1.93. The van der Waals surface area contributed by atoms with Gasteiger partial charge in [-0.3, -0.25) is 9.58 Å².